The summed E-state index contributed by atoms with van der Waals surface area (Å²) in [6.07, 6.45) is 0.908. The molecule has 0 unspecified atom stereocenters. The second-order valence-corrected chi connectivity index (χ2v) is 8.51. The molecule has 0 spiro atoms. The molecule has 3 aromatic heterocycles. The number of halogens is 4. The van der Waals surface area contributed by atoms with E-state index in [4.69, 9.17) is 9.47 Å². The van der Waals surface area contributed by atoms with Gasteiger partial charge in [0.1, 0.15) is 4.90 Å². The minimum atomic E-state index is -4.45. The van der Waals surface area contributed by atoms with Gasteiger partial charge in [0.05, 0.1) is 25.3 Å². The molecule has 1 aromatic carbocycles. The number of nitrogens with zero attached hydrogens (tertiary/aromatic N) is 4. The zero-order valence-electron chi connectivity index (χ0n) is 18.4. The van der Waals surface area contributed by atoms with Crippen LogP contribution in [-0.4, -0.2) is 54.2 Å². The van der Waals surface area contributed by atoms with Gasteiger partial charge < -0.3 is 19.2 Å². The number of rotatable bonds is 9. The van der Waals surface area contributed by atoms with Crippen molar-refractivity contribution in [3.63, 3.8) is 0 Å². The third kappa shape index (κ3) is 4.66. The second-order valence-electron chi connectivity index (χ2n) is 6.86. The van der Waals surface area contributed by atoms with E-state index < -0.39 is 52.1 Å². The third-order valence-electron chi connectivity index (χ3n) is 4.79. The van der Waals surface area contributed by atoms with E-state index in [1.807, 2.05) is 0 Å². The van der Waals surface area contributed by atoms with Crippen molar-refractivity contribution in [2.24, 2.45) is 0 Å². The normalized spacial score (nSPS) is 11.8. The van der Waals surface area contributed by atoms with Crippen molar-refractivity contribution in [1.29, 1.82) is 0 Å². The van der Waals surface area contributed by atoms with Gasteiger partial charge in [-0.3, -0.25) is 0 Å². The van der Waals surface area contributed by atoms with Crippen molar-refractivity contribution >= 4 is 26.9 Å². The molecule has 0 bridgehead atoms. The van der Waals surface area contributed by atoms with Crippen LogP contribution in [0.15, 0.2) is 41.7 Å². The summed E-state index contributed by atoms with van der Waals surface area (Å²) in [5.41, 5.74) is -0.423. The Hall–Kier alpha value is -4.21. The summed E-state index contributed by atoms with van der Waals surface area (Å²) in [5.74, 6) is -2.31. The van der Waals surface area contributed by atoms with E-state index in [1.165, 1.54) is 24.5 Å². The maximum atomic E-state index is 13.7. The summed E-state index contributed by atoms with van der Waals surface area (Å²) < 4.78 is 95.4. The molecule has 0 radical (unpaired) electrons. The molecule has 0 saturated heterocycles. The van der Waals surface area contributed by atoms with Crippen molar-refractivity contribution < 1.29 is 40.2 Å². The maximum Gasteiger partial charge on any atom is 0.387 e. The van der Waals surface area contributed by atoms with Crippen LogP contribution in [-0.2, 0) is 10.0 Å². The fourth-order valence-electron chi connectivity index (χ4n) is 3.36. The zero-order valence-corrected chi connectivity index (χ0v) is 19.2. The van der Waals surface area contributed by atoms with E-state index >= 15 is 0 Å². The Bertz CT molecular complexity index is 1480. The van der Waals surface area contributed by atoms with Gasteiger partial charge in [-0.25, -0.2) is 31.9 Å². The topological polar surface area (TPSA) is 141 Å². The van der Waals surface area contributed by atoms with Crippen molar-refractivity contribution in [3.05, 3.63) is 42.4 Å². The summed E-state index contributed by atoms with van der Waals surface area (Å²) in [4.78, 5) is 17.8. The second kappa shape index (κ2) is 9.80. The van der Waals surface area contributed by atoms with Crippen LogP contribution in [0.3, 0.4) is 0 Å². The average Bonchev–Trinajstić information content (AvgIpc) is 3.29. The molecule has 0 aliphatic heterocycles. The van der Waals surface area contributed by atoms with Gasteiger partial charge in [0, 0.05) is 29.5 Å². The minimum absolute atomic E-state index is 0.0374. The van der Waals surface area contributed by atoms with Crippen LogP contribution in [0, 0.1) is 0 Å². The number of anilines is 1. The lowest BCUT2D eigenvalue weighted by Crippen LogP contribution is -2.16. The molecule has 3 heterocycles. The number of hydrogen-bond donors (Lipinski definition) is 2. The summed E-state index contributed by atoms with van der Waals surface area (Å²) in [5, 5.41) is 0.0472. The standard InChI is InChI=1S/C20H16F4N6O5S/c1-33-17-14(35-19(23)24)18(34-2)29-20(28-17)30-36(31,32)11-8-27-13-9(11)4-5-10(15(21)22)12(13)16-25-6-3-7-26-16/h3-8,15,19,27H,1-2H3,(H,28,29,30). The number of benzene rings is 1. The number of fused-ring (bicyclic) bond motifs is 1. The molecule has 2 N–H and O–H groups in total. The van der Waals surface area contributed by atoms with E-state index in [9.17, 15) is 26.0 Å². The Balaban J connectivity index is 1.81. The van der Waals surface area contributed by atoms with Crippen molar-refractivity contribution in [2.75, 3.05) is 18.9 Å². The molecule has 0 atom stereocenters. The Labute approximate surface area is 200 Å². The predicted octanol–water partition coefficient (Wildman–Crippen LogP) is 3.77. The summed E-state index contributed by atoms with van der Waals surface area (Å²) >= 11 is 0. The lowest BCUT2D eigenvalue weighted by molar-refractivity contribution is -0.0533. The quantitative estimate of drug-likeness (QED) is 0.311. The van der Waals surface area contributed by atoms with Crippen molar-refractivity contribution in [1.82, 2.24) is 24.9 Å². The van der Waals surface area contributed by atoms with Gasteiger partial charge in [0.25, 0.3) is 28.2 Å². The van der Waals surface area contributed by atoms with Crippen LogP contribution >= 0.6 is 0 Å². The molecule has 0 fully saturated rings. The number of alkyl halides is 4. The van der Waals surface area contributed by atoms with Crippen LogP contribution in [0.1, 0.15) is 12.0 Å². The fourth-order valence-corrected chi connectivity index (χ4v) is 4.48. The highest BCUT2D eigenvalue weighted by molar-refractivity contribution is 7.93. The monoisotopic (exact) mass is 528 g/mol. The Kier molecular flexibility index (Phi) is 6.78. The van der Waals surface area contributed by atoms with Gasteiger partial charge in [-0.2, -0.15) is 18.7 Å². The molecule has 0 aliphatic carbocycles. The van der Waals surface area contributed by atoms with Crippen LogP contribution in [0.4, 0.5) is 23.5 Å². The molecule has 0 saturated carbocycles. The zero-order chi connectivity index (χ0) is 26.0. The molecule has 36 heavy (non-hydrogen) atoms. The number of hydrogen-bond acceptors (Lipinski definition) is 9. The van der Waals surface area contributed by atoms with Crippen molar-refractivity contribution in [3.8, 4) is 28.9 Å². The van der Waals surface area contributed by atoms with Crippen molar-refractivity contribution in [2.45, 2.75) is 17.9 Å². The average molecular weight is 528 g/mol. The summed E-state index contributed by atoms with van der Waals surface area (Å²) in [7, 11) is -2.27. The lowest BCUT2D eigenvalue weighted by Gasteiger charge is -2.14. The highest BCUT2D eigenvalue weighted by Crippen LogP contribution is 2.39. The maximum absolute atomic E-state index is 13.7. The number of ether oxygens (including phenoxy) is 3. The number of aromatic amines is 1. The molecular weight excluding hydrogens is 512 g/mol. The first-order chi connectivity index (χ1) is 17.2. The highest BCUT2D eigenvalue weighted by atomic mass is 32.2. The molecule has 4 rings (SSSR count). The largest absolute Gasteiger partial charge is 0.478 e. The van der Waals surface area contributed by atoms with Gasteiger partial charge in [0.15, 0.2) is 5.82 Å². The van der Waals surface area contributed by atoms with E-state index in [0.29, 0.717) is 0 Å². The summed E-state index contributed by atoms with van der Waals surface area (Å²) in [6, 6.07) is 3.78. The first-order valence-electron chi connectivity index (χ1n) is 9.83. The van der Waals surface area contributed by atoms with Crippen LogP contribution in [0.25, 0.3) is 22.3 Å². The van der Waals surface area contributed by atoms with Gasteiger partial charge in [-0.05, 0) is 6.07 Å². The molecule has 0 amide bonds. The van der Waals surface area contributed by atoms with E-state index in [-0.39, 0.29) is 27.2 Å². The van der Waals surface area contributed by atoms with Crippen LogP contribution in [0.5, 0.6) is 17.5 Å². The molecule has 4 aromatic rings. The fraction of sp³-hybridized carbons (Fsp3) is 0.200. The third-order valence-corrected chi connectivity index (χ3v) is 6.16. The molecule has 16 heteroatoms. The highest BCUT2D eigenvalue weighted by Gasteiger charge is 2.28. The van der Waals surface area contributed by atoms with Gasteiger partial charge in [0.2, 0.25) is 11.7 Å². The first kappa shape index (κ1) is 24.9. The Morgan fingerprint density at radius 2 is 1.64 bits per heavy atom. The van der Waals surface area contributed by atoms with E-state index in [1.54, 1.807) is 0 Å². The van der Waals surface area contributed by atoms with Gasteiger partial charge in [-0.1, -0.05) is 12.1 Å². The SMILES string of the molecule is COc1nc(NS(=O)(=O)c2c[nH]c3c(-c4ncccn4)c(C(F)F)ccc23)nc(OC)c1OC(F)F. The number of nitrogens with one attached hydrogen (secondary N) is 2. The number of sulfonamides is 1. The first-order valence-corrected chi connectivity index (χ1v) is 11.3. The number of aromatic nitrogens is 5. The molecular formula is C20H16F4N6O5S. The van der Waals surface area contributed by atoms with Gasteiger partial charge >= 0.3 is 6.61 Å². The molecule has 11 nitrogen and oxygen atoms in total. The number of H-pyrrole nitrogens is 1. The molecule has 0 aliphatic rings. The van der Waals surface area contributed by atoms with Crippen LogP contribution in [0.2, 0.25) is 0 Å². The Morgan fingerprint density at radius 3 is 2.19 bits per heavy atom. The van der Waals surface area contributed by atoms with E-state index in [2.05, 4.69) is 34.4 Å². The van der Waals surface area contributed by atoms with Gasteiger partial charge in [-0.15, -0.1) is 0 Å². The molecule has 190 valence electrons. The summed E-state index contributed by atoms with van der Waals surface area (Å²) in [6.45, 7) is -3.26. The Morgan fingerprint density at radius 1 is 1.00 bits per heavy atom. The smallest absolute Gasteiger partial charge is 0.387 e. The number of methoxy groups -OCH3 is 2. The van der Waals surface area contributed by atoms with Crippen LogP contribution < -0.4 is 18.9 Å². The van der Waals surface area contributed by atoms with E-state index in [0.717, 1.165) is 26.5 Å². The minimum Gasteiger partial charge on any atom is -0.478 e. The predicted molar refractivity (Wildman–Crippen MR) is 117 cm³/mol. The lowest BCUT2D eigenvalue weighted by atomic mass is 10.0.